The van der Waals surface area contributed by atoms with Gasteiger partial charge < -0.3 is 19.9 Å². The number of aliphatic carboxylic acids is 1. The Morgan fingerprint density at radius 3 is 2.25 bits per heavy atom. The molecule has 0 unspecified atom stereocenters. The number of methoxy groups -OCH3 is 2. The van der Waals surface area contributed by atoms with E-state index in [2.05, 4.69) is 10.0 Å². The van der Waals surface area contributed by atoms with E-state index in [1.54, 1.807) is 30.3 Å². The van der Waals surface area contributed by atoms with E-state index in [-0.39, 0.29) is 17.1 Å². The van der Waals surface area contributed by atoms with E-state index >= 15 is 0 Å². The van der Waals surface area contributed by atoms with Crippen LogP contribution in [0.5, 0.6) is 11.5 Å². The molecule has 0 fully saturated rings. The number of carbonyl (C=O) groups is 2. The second-order valence-corrected chi connectivity index (χ2v) is 8.74. The topological polar surface area (TPSA) is 131 Å². The zero-order valence-corrected chi connectivity index (χ0v) is 19.0. The number of benzene rings is 2. The maximum absolute atomic E-state index is 13.1. The molecule has 0 saturated carbocycles. The predicted octanol–water partition coefficient (Wildman–Crippen LogP) is 2.48. The number of rotatable bonds is 12. The van der Waals surface area contributed by atoms with Crippen LogP contribution >= 0.6 is 0 Å². The number of carbonyl (C=O) groups excluding carboxylic acids is 1. The van der Waals surface area contributed by atoms with Crippen LogP contribution in [-0.2, 0) is 19.6 Å². The molecule has 2 aromatic carbocycles. The summed E-state index contributed by atoms with van der Waals surface area (Å²) >= 11 is 0. The molecule has 0 aliphatic carbocycles. The molecule has 0 aromatic heterocycles. The summed E-state index contributed by atoms with van der Waals surface area (Å²) in [5.41, 5.74) is 0.369. The third-order valence-electron chi connectivity index (χ3n) is 4.79. The van der Waals surface area contributed by atoms with Crippen molar-refractivity contribution in [3.05, 3.63) is 54.1 Å². The van der Waals surface area contributed by atoms with Gasteiger partial charge in [-0.15, -0.1) is 0 Å². The minimum Gasteiger partial charge on any atom is -0.493 e. The van der Waals surface area contributed by atoms with Crippen molar-refractivity contribution >= 4 is 21.9 Å². The zero-order valence-electron chi connectivity index (χ0n) is 18.2. The lowest BCUT2D eigenvalue weighted by Crippen LogP contribution is -2.47. The molecular formula is C22H28N2O7S. The molecule has 1 amide bonds. The minimum atomic E-state index is -4.18. The molecule has 2 rings (SSSR count). The first kappa shape index (κ1) is 25.2. The Balaban J connectivity index is 2.37. The number of sulfonamides is 1. The lowest BCUT2D eigenvalue weighted by molar-refractivity contribution is -0.142. The first-order valence-electron chi connectivity index (χ1n) is 10.1. The molecule has 0 radical (unpaired) electrons. The van der Waals surface area contributed by atoms with Crippen molar-refractivity contribution in [2.75, 3.05) is 14.2 Å². The summed E-state index contributed by atoms with van der Waals surface area (Å²) in [6, 6.07) is 9.80. The lowest BCUT2D eigenvalue weighted by Gasteiger charge is -2.22. The Morgan fingerprint density at radius 2 is 1.69 bits per heavy atom. The van der Waals surface area contributed by atoms with Crippen LogP contribution in [0.4, 0.5) is 0 Å². The van der Waals surface area contributed by atoms with E-state index in [1.807, 2.05) is 6.92 Å². The zero-order chi connectivity index (χ0) is 23.7. The molecule has 0 bridgehead atoms. The van der Waals surface area contributed by atoms with Crippen molar-refractivity contribution in [2.24, 2.45) is 0 Å². The highest BCUT2D eigenvalue weighted by Gasteiger charge is 2.30. The van der Waals surface area contributed by atoms with Crippen LogP contribution in [0.3, 0.4) is 0 Å². The first-order chi connectivity index (χ1) is 15.2. The molecule has 32 heavy (non-hydrogen) atoms. The molecule has 10 heteroatoms. The van der Waals surface area contributed by atoms with Crippen LogP contribution in [0.1, 0.15) is 37.8 Å². The number of nitrogens with one attached hydrogen (secondary N) is 2. The largest absolute Gasteiger partial charge is 0.493 e. The maximum Gasteiger partial charge on any atom is 0.326 e. The number of hydrogen-bond acceptors (Lipinski definition) is 6. The summed E-state index contributed by atoms with van der Waals surface area (Å²) in [5.74, 6) is -1.38. The summed E-state index contributed by atoms with van der Waals surface area (Å²) in [5, 5.41) is 11.9. The fourth-order valence-electron chi connectivity index (χ4n) is 3.05. The molecule has 0 spiro atoms. The van der Waals surface area contributed by atoms with Gasteiger partial charge in [0.1, 0.15) is 12.1 Å². The van der Waals surface area contributed by atoms with Gasteiger partial charge in [-0.25, -0.2) is 13.2 Å². The van der Waals surface area contributed by atoms with Gasteiger partial charge in [0.15, 0.2) is 11.5 Å². The number of carboxylic acids is 1. The van der Waals surface area contributed by atoms with Gasteiger partial charge >= 0.3 is 5.97 Å². The Bertz CT molecular complexity index is 1030. The van der Waals surface area contributed by atoms with Crippen molar-refractivity contribution < 1.29 is 32.6 Å². The second kappa shape index (κ2) is 11.5. The Labute approximate surface area is 187 Å². The number of unbranched alkanes of at least 4 members (excludes halogenated alkanes) is 1. The molecule has 0 heterocycles. The molecule has 0 saturated heterocycles. The average Bonchev–Trinajstić information content (AvgIpc) is 2.79. The Morgan fingerprint density at radius 1 is 1.03 bits per heavy atom. The molecule has 2 atom stereocenters. The average molecular weight is 465 g/mol. The molecule has 0 aliphatic rings. The highest BCUT2D eigenvalue weighted by molar-refractivity contribution is 7.89. The van der Waals surface area contributed by atoms with Crippen LogP contribution in [0.25, 0.3) is 0 Å². The van der Waals surface area contributed by atoms with Crippen LogP contribution in [0.2, 0.25) is 0 Å². The van der Waals surface area contributed by atoms with Gasteiger partial charge in [0.25, 0.3) is 0 Å². The standard InChI is InChI=1S/C22H28N2O7S/c1-4-5-11-17(22(26)27)23-21(25)20(15-9-7-6-8-10-15)24-32(28,29)16-12-13-18(30-2)19(14-16)31-3/h6-10,12-14,17,20,24H,4-5,11H2,1-3H3,(H,23,25)(H,26,27)/t17-,20-/m0/s1. The summed E-state index contributed by atoms with van der Waals surface area (Å²) in [6.45, 7) is 1.91. The smallest absolute Gasteiger partial charge is 0.326 e. The van der Waals surface area contributed by atoms with Crippen molar-refractivity contribution in [3.8, 4) is 11.5 Å². The maximum atomic E-state index is 13.1. The minimum absolute atomic E-state index is 0.135. The SMILES string of the molecule is CCCC[C@H](NC(=O)[C@@H](NS(=O)(=O)c1ccc(OC)c(OC)c1)c1ccccc1)C(=O)O. The fraction of sp³-hybridized carbons (Fsp3) is 0.364. The number of hydrogen-bond donors (Lipinski definition) is 3. The van der Waals surface area contributed by atoms with E-state index in [0.29, 0.717) is 17.7 Å². The summed E-state index contributed by atoms with van der Waals surface area (Å²) in [7, 11) is -1.37. The van der Waals surface area contributed by atoms with Crippen molar-refractivity contribution in [1.82, 2.24) is 10.0 Å². The number of carboxylic acid groups (broad SMARTS) is 1. The highest BCUT2D eigenvalue weighted by Crippen LogP contribution is 2.30. The number of ether oxygens (including phenoxy) is 2. The lowest BCUT2D eigenvalue weighted by atomic mass is 10.1. The van der Waals surface area contributed by atoms with Gasteiger partial charge in [0, 0.05) is 6.07 Å². The summed E-state index contributed by atoms with van der Waals surface area (Å²) in [6.07, 6.45) is 1.60. The van der Waals surface area contributed by atoms with E-state index in [1.165, 1.54) is 32.4 Å². The fourth-order valence-corrected chi connectivity index (χ4v) is 4.24. The van der Waals surface area contributed by atoms with Gasteiger partial charge in [-0.05, 0) is 24.1 Å². The van der Waals surface area contributed by atoms with Crippen LogP contribution in [0, 0.1) is 0 Å². The van der Waals surface area contributed by atoms with E-state index in [9.17, 15) is 23.1 Å². The van der Waals surface area contributed by atoms with E-state index in [4.69, 9.17) is 9.47 Å². The molecule has 0 aliphatic heterocycles. The third kappa shape index (κ3) is 6.44. The Hall–Kier alpha value is -3.11. The first-order valence-corrected chi connectivity index (χ1v) is 11.5. The van der Waals surface area contributed by atoms with Gasteiger partial charge in [-0.1, -0.05) is 50.1 Å². The van der Waals surface area contributed by atoms with Gasteiger partial charge in [0.2, 0.25) is 15.9 Å². The Kier molecular flexibility index (Phi) is 9.03. The third-order valence-corrected chi connectivity index (χ3v) is 6.21. The number of amides is 1. The summed E-state index contributed by atoms with van der Waals surface area (Å²) < 4.78 is 38.8. The quantitative estimate of drug-likeness (QED) is 0.440. The van der Waals surface area contributed by atoms with Gasteiger partial charge in [-0.2, -0.15) is 4.72 Å². The monoisotopic (exact) mass is 464 g/mol. The predicted molar refractivity (Wildman–Crippen MR) is 118 cm³/mol. The van der Waals surface area contributed by atoms with Gasteiger partial charge in [-0.3, -0.25) is 4.79 Å². The molecule has 9 nitrogen and oxygen atoms in total. The molecule has 174 valence electrons. The molecular weight excluding hydrogens is 436 g/mol. The van der Waals surface area contributed by atoms with Crippen molar-refractivity contribution in [1.29, 1.82) is 0 Å². The summed E-state index contributed by atoms with van der Waals surface area (Å²) in [4.78, 5) is 24.4. The van der Waals surface area contributed by atoms with E-state index < -0.39 is 34.0 Å². The highest BCUT2D eigenvalue weighted by atomic mass is 32.2. The van der Waals surface area contributed by atoms with Crippen LogP contribution in [-0.4, -0.2) is 45.7 Å². The molecule has 3 N–H and O–H groups in total. The van der Waals surface area contributed by atoms with Crippen molar-refractivity contribution in [2.45, 2.75) is 43.2 Å². The van der Waals surface area contributed by atoms with Crippen molar-refractivity contribution in [3.63, 3.8) is 0 Å². The van der Waals surface area contributed by atoms with Crippen LogP contribution in [0.15, 0.2) is 53.4 Å². The normalized spacial score (nSPS) is 13.1. The second-order valence-electron chi connectivity index (χ2n) is 7.02. The molecule has 2 aromatic rings. The van der Waals surface area contributed by atoms with Gasteiger partial charge in [0.05, 0.1) is 19.1 Å². The van der Waals surface area contributed by atoms with Crippen LogP contribution < -0.4 is 19.5 Å². The van der Waals surface area contributed by atoms with E-state index in [0.717, 1.165) is 6.42 Å².